The van der Waals surface area contributed by atoms with Gasteiger partial charge in [-0.3, -0.25) is 4.79 Å². The molecule has 1 aromatic heterocycles. The summed E-state index contributed by atoms with van der Waals surface area (Å²) in [7, 11) is 0. The van der Waals surface area contributed by atoms with Crippen molar-refractivity contribution >= 4 is 16.9 Å². The molecule has 2 aromatic carbocycles. The SMILES string of the molecule is Cc1cccc(Cn2c(CCNC(=O)C3CCCCC3)nc3ccccc32)c1. The number of carbonyl (C=O) groups excluding carboxylic acids is 1. The molecule has 4 nitrogen and oxygen atoms in total. The molecule has 0 spiro atoms. The van der Waals surface area contributed by atoms with E-state index >= 15 is 0 Å². The molecule has 146 valence electrons. The lowest BCUT2D eigenvalue weighted by Gasteiger charge is -2.20. The zero-order chi connectivity index (χ0) is 19.3. The van der Waals surface area contributed by atoms with Crippen molar-refractivity contribution in [1.82, 2.24) is 14.9 Å². The number of aromatic nitrogens is 2. The van der Waals surface area contributed by atoms with E-state index in [9.17, 15) is 4.79 Å². The Bertz CT molecular complexity index is 953. The molecule has 0 aliphatic heterocycles. The highest BCUT2D eigenvalue weighted by Crippen LogP contribution is 2.23. The number of hydrogen-bond acceptors (Lipinski definition) is 2. The smallest absolute Gasteiger partial charge is 0.223 e. The van der Waals surface area contributed by atoms with Crippen molar-refractivity contribution in [2.24, 2.45) is 5.92 Å². The Labute approximate surface area is 167 Å². The summed E-state index contributed by atoms with van der Waals surface area (Å²) in [5.41, 5.74) is 4.71. The van der Waals surface area contributed by atoms with E-state index in [4.69, 9.17) is 4.98 Å². The fourth-order valence-electron chi connectivity index (χ4n) is 4.29. The molecule has 1 heterocycles. The van der Waals surface area contributed by atoms with Crippen LogP contribution in [0.1, 0.15) is 49.1 Å². The maximum absolute atomic E-state index is 12.4. The zero-order valence-corrected chi connectivity index (χ0v) is 16.7. The predicted molar refractivity (Wildman–Crippen MR) is 113 cm³/mol. The van der Waals surface area contributed by atoms with Crippen molar-refractivity contribution in [1.29, 1.82) is 0 Å². The minimum atomic E-state index is 0.208. The number of hydrogen-bond donors (Lipinski definition) is 1. The number of aryl methyl sites for hydroxylation is 1. The fraction of sp³-hybridized carbons (Fsp3) is 0.417. The summed E-state index contributed by atoms with van der Waals surface area (Å²) in [5, 5.41) is 3.15. The van der Waals surface area contributed by atoms with Gasteiger partial charge in [-0.15, -0.1) is 0 Å². The molecule has 1 amide bonds. The topological polar surface area (TPSA) is 46.9 Å². The third-order valence-corrected chi connectivity index (χ3v) is 5.78. The number of rotatable bonds is 6. The maximum Gasteiger partial charge on any atom is 0.223 e. The molecule has 4 heteroatoms. The second-order valence-corrected chi connectivity index (χ2v) is 7.97. The van der Waals surface area contributed by atoms with Gasteiger partial charge in [0.2, 0.25) is 5.91 Å². The number of benzene rings is 2. The molecule has 0 bridgehead atoms. The lowest BCUT2D eigenvalue weighted by atomic mass is 9.89. The van der Waals surface area contributed by atoms with Gasteiger partial charge in [0.15, 0.2) is 0 Å². The summed E-state index contributed by atoms with van der Waals surface area (Å²) < 4.78 is 2.29. The third-order valence-electron chi connectivity index (χ3n) is 5.78. The van der Waals surface area contributed by atoms with Gasteiger partial charge < -0.3 is 9.88 Å². The summed E-state index contributed by atoms with van der Waals surface area (Å²) in [6.45, 7) is 3.57. The first-order valence-corrected chi connectivity index (χ1v) is 10.5. The highest BCUT2D eigenvalue weighted by atomic mass is 16.1. The first-order valence-electron chi connectivity index (χ1n) is 10.5. The number of imidazole rings is 1. The van der Waals surface area contributed by atoms with Gasteiger partial charge in [0.1, 0.15) is 5.82 Å². The predicted octanol–water partition coefficient (Wildman–Crippen LogP) is 4.63. The Hall–Kier alpha value is -2.62. The van der Waals surface area contributed by atoms with Crippen molar-refractivity contribution in [3.8, 4) is 0 Å². The molecule has 1 aliphatic rings. The number of para-hydroxylation sites is 2. The van der Waals surface area contributed by atoms with Gasteiger partial charge in [0.25, 0.3) is 0 Å². The minimum Gasteiger partial charge on any atom is -0.355 e. The molecule has 0 radical (unpaired) electrons. The van der Waals surface area contributed by atoms with E-state index in [-0.39, 0.29) is 11.8 Å². The monoisotopic (exact) mass is 375 g/mol. The molecule has 28 heavy (non-hydrogen) atoms. The zero-order valence-electron chi connectivity index (χ0n) is 16.7. The van der Waals surface area contributed by atoms with Gasteiger partial charge in [-0.05, 0) is 37.5 Å². The highest BCUT2D eigenvalue weighted by molar-refractivity contribution is 5.79. The molecule has 3 aromatic rings. The summed E-state index contributed by atoms with van der Waals surface area (Å²) in [6, 6.07) is 16.9. The van der Waals surface area contributed by atoms with Crippen LogP contribution in [0.15, 0.2) is 48.5 Å². The average molecular weight is 376 g/mol. The van der Waals surface area contributed by atoms with Crippen LogP contribution in [0, 0.1) is 12.8 Å². The second-order valence-electron chi connectivity index (χ2n) is 7.97. The molecule has 4 rings (SSSR count). The first-order chi connectivity index (χ1) is 13.7. The van der Waals surface area contributed by atoms with Crippen molar-refractivity contribution in [3.63, 3.8) is 0 Å². The molecule has 0 saturated heterocycles. The van der Waals surface area contributed by atoms with Crippen LogP contribution in [0.25, 0.3) is 11.0 Å². The lowest BCUT2D eigenvalue weighted by Crippen LogP contribution is -2.33. The molecular formula is C24H29N3O. The number of fused-ring (bicyclic) bond motifs is 1. The normalized spacial score (nSPS) is 15.0. The summed E-state index contributed by atoms with van der Waals surface area (Å²) in [5.74, 6) is 1.47. The Morgan fingerprint density at radius 1 is 1.11 bits per heavy atom. The van der Waals surface area contributed by atoms with Crippen molar-refractivity contribution in [2.75, 3.05) is 6.54 Å². The van der Waals surface area contributed by atoms with E-state index in [1.807, 2.05) is 6.07 Å². The fourth-order valence-corrected chi connectivity index (χ4v) is 4.29. The summed E-state index contributed by atoms with van der Waals surface area (Å²) in [4.78, 5) is 17.3. The van der Waals surface area contributed by atoms with Crippen molar-refractivity contribution in [2.45, 2.75) is 52.0 Å². The van der Waals surface area contributed by atoms with Crippen LogP contribution >= 0.6 is 0 Å². The van der Waals surface area contributed by atoms with Crippen LogP contribution in [0.4, 0.5) is 0 Å². The molecule has 1 N–H and O–H groups in total. The van der Waals surface area contributed by atoms with Crippen molar-refractivity contribution in [3.05, 3.63) is 65.5 Å². The van der Waals surface area contributed by atoms with Crippen LogP contribution < -0.4 is 5.32 Å². The molecule has 0 atom stereocenters. The van der Waals surface area contributed by atoms with E-state index in [1.54, 1.807) is 0 Å². The van der Waals surface area contributed by atoms with Crippen molar-refractivity contribution < 1.29 is 4.79 Å². The van der Waals surface area contributed by atoms with Crippen LogP contribution in [0.3, 0.4) is 0 Å². The van der Waals surface area contributed by atoms with Crippen LogP contribution in [0.5, 0.6) is 0 Å². The lowest BCUT2D eigenvalue weighted by molar-refractivity contribution is -0.125. The van der Waals surface area contributed by atoms with E-state index in [0.717, 1.165) is 42.7 Å². The summed E-state index contributed by atoms with van der Waals surface area (Å²) in [6.07, 6.45) is 6.47. The summed E-state index contributed by atoms with van der Waals surface area (Å²) >= 11 is 0. The molecule has 0 unspecified atom stereocenters. The van der Waals surface area contributed by atoms with E-state index < -0.39 is 0 Å². The van der Waals surface area contributed by atoms with E-state index in [1.165, 1.54) is 30.4 Å². The van der Waals surface area contributed by atoms with Crippen LogP contribution in [-0.2, 0) is 17.8 Å². The van der Waals surface area contributed by atoms with E-state index in [0.29, 0.717) is 6.54 Å². The Morgan fingerprint density at radius 3 is 2.75 bits per heavy atom. The van der Waals surface area contributed by atoms with E-state index in [2.05, 4.69) is 59.3 Å². The van der Waals surface area contributed by atoms with Gasteiger partial charge in [-0.2, -0.15) is 0 Å². The Morgan fingerprint density at radius 2 is 1.93 bits per heavy atom. The highest BCUT2D eigenvalue weighted by Gasteiger charge is 2.20. The minimum absolute atomic E-state index is 0.208. The number of amides is 1. The largest absolute Gasteiger partial charge is 0.355 e. The molecule has 1 fully saturated rings. The van der Waals surface area contributed by atoms with Gasteiger partial charge in [0, 0.05) is 25.4 Å². The first kappa shape index (κ1) is 18.7. The maximum atomic E-state index is 12.4. The standard InChI is InChI=1S/C24H29N3O/c1-18-8-7-9-19(16-18)17-27-22-13-6-5-12-21(22)26-23(27)14-15-25-24(28)20-10-3-2-4-11-20/h5-9,12-13,16,20H,2-4,10-11,14-15,17H2,1H3,(H,25,28). The second kappa shape index (κ2) is 8.59. The quantitative estimate of drug-likeness (QED) is 0.683. The van der Waals surface area contributed by atoms with Gasteiger partial charge in [0.05, 0.1) is 11.0 Å². The van der Waals surface area contributed by atoms with Gasteiger partial charge in [-0.25, -0.2) is 4.98 Å². The third kappa shape index (κ3) is 4.27. The van der Waals surface area contributed by atoms with Crippen LogP contribution in [-0.4, -0.2) is 22.0 Å². The molecule has 1 saturated carbocycles. The number of carbonyl (C=O) groups is 1. The average Bonchev–Trinajstić information content (AvgIpc) is 3.06. The molecule has 1 aliphatic carbocycles. The van der Waals surface area contributed by atoms with Crippen LogP contribution in [0.2, 0.25) is 0 Å². The number of nitrogens with one attached hydrogen (secondary N) is 1. The Balaban J connectivity index is 1.49. The van der Waals surface area contributed by atoms with Gasteiger partial charge >= 0.3 is 0 Å². The molecular weight excluding hydrogens is 346 g/mol. The Kier molecular flexibility index (Phi) is 5.75. The van der Waals surface area contributed by atoms with Gasteiger partial charge in [-0.1, -0.05) is 61.2 Å². The number of nitrogens with zero attached hydrogens (tertiary/aromatic N) is 2.